The molecule has 118 valence electrons. The monoisotopic (exact) mass is 325 g/mol. The third-order valence-electron chi connectivity index (χ3n) is 4.00. The number of aromatic nitrogens is 1. The van der Waals surface area contributed by atoms with Crippen LogP contribution in [0.3, 0.4) is 0 Å². The summed E-state index contributed by atoms with van der Waals surface area (Å²) in [5.74, 6) is 0. The Labute approximate surface area is 139 Å². The third kappa shape index (κ3) is 3.16. The molecule has 2 heterocycles. The van der Waals surface area contributed by atoms with Gasteiger partial charge in [0.25, 0.3) is 0 Å². The van der Waals surface area contributed by atoms with Crippen molar-refractivity contribution in [1.29, 1.82) is 0 Å². The molecule has 2 aromatic carbocycles. The van der Waals surface area contributed by atoms with Gasteiger partial charge in [-0.15, -0.1) is 0 Å². The first-order valence-electron chi connectivity index (χ1n) is 7.85. The van der Waals surface area contributed by atoms with Gasteiger partial charge in [-0.2, -0.15) is 0 Å². The molecule has 0 amide bonds. The molecule has 0 unspecified atom stereocenters. The number of morpholine rings is 1. The van der Waals surface area contributed by atoms with Crippen molar-refractivity contribution in [2.45, 2.75) is 6.92 Å². The minimum Gasteiger partial charge on any atom is -0.378 e. The van der Waals surface area contributed by atoms with E-state index in [0.717, 1.165) is 48.3 Å². The van der Waals surface area contributed by atoms with Gasteiger partial charge in [-0.05, 0) is 37.3 Å². The standard InChI is InChI=1S/C18H19N3OS/c1-13-2-4-14(5-3-13)19-15-6-7-17-16(12-15)20-18(23-17)21-8-10-22-11-9-21/h2-7,12,19H,8-11H2,1H3. The molecule has 23 heavy (non-hydrogen) atoms. The predicted octanol–water partition coefficient (Wildman–Crippen LogP) is 4.18. The van der Waals surface area contributed by atoms with E-state index in [1.807, 2.05) is 0 Å². The van der Waals surface area contributed by atoms with Crippen molar-refractivity contribution in [3.8, 4) is 0 Å². The van der Waals surface area contributed by atoms with E-state index >= 15 is 0 Å². The topological polar surface area (TPSA) is 37.4 Å². The molecular formula is C18H19N3OS. The fourth-order valence-corrected chi connectivity index (χ4v) is 3.68. The smallest absolute Gasteiger partial charge is 0.186 e. The molecule has 3 aromatic rings. The zero-order valence-electron chi connectivity index (χ0n) is 13.1. The molecule has 0 aliphatic carbocycles. The van der Waals surface area contributed by atoms with Crippen molar-refractivity contribution in [3.05, 3.63) is 48.0 Å². The molecule has 1 saturated heterocycles. The molecule has 1 aromatic heterocycles. The van der Waals surface area contributed by atoms with Gasteiger partial charge >= 0.3 is 0 Å². The van der Waals surface area contributed by atoms with Crippen LogP contribution in [0.4, 0.5) is 16.5 Å². The zero-order valence-corrected chi connectivity index (χ0v) is 13.9. The average molecular weight is 325 g/mol. The number of thiazole rings is 1. The molecule has 0 spiro atoms. The van der Waals surface area contributed by atoms with Crippen LogP contribution in [-0.4, -0.2) is 31.3 Å². The molecule has 0 saturated carbocycles. The maximum atomic E-state index is 5.41. The Balaban J connectivity index is 1.58. The van der Waals surface area contributed by atoms with Crippen LogP contribution in [0.2, 0.25) is 0 Å². The Morgan fingerprint density at radius 2 is 1.78 bits per heavy atom. The lowest BCUT2D eigenvalue weighted by atomic mass is 10.2. The Morgan fingerprint density at radius 1 is 1.04 bits per heavy atom. The van der Waals surface area contributed by atoms with E-state index in [-0.39, 0.29) is 0 Å². The Hall–Kier alpha value is -2.11. The third-order valence-corrected chi connectivity index (χ3v) is 5.10. The molecule has 4 rings (SSSR count). The maximum absolute atomic E-state index is 5.41. The lowest BCUT2D eigenvalue weighted by Gasteiger charge is -2.25. The van der Waals surface area contributed by atoms with Gasteiger partial charge in [-0.3, -0.25) is 0 Å². The second-order valence-corrected chi connectivity index (χ2v) is 6.78. The summed E-state index contributed by atoms with van der Waals surface area (Å²) < 4.78 is 6.64. The molecule has 0 bridgehead atoms. The molecular weight excluding hydrogens is 306 g/mol. The van der Waals surface area contributed by atoms with E-state index in [2.05, 4.69) is 59.6 Å². The summed E-state index contributed by atoms with van der Waals surface area (Å²) in [5.41, 5.74) is 4.48. The number of nitrogens with one attached hydrogen (secondary N) is 1. The first kappa shape index (κ1) is 14.5. The minimum absolute atomic E-state index is 0.788. The second kappa shape index (κ2) is 6.18. The number of rotatable bonds is 3. The highest BCUT2D eigenvalue weighted by Gasteiger charge is 2.15. The minimum atomic E-state index is 0.788. The lowest BCUT2D eigenvalue weighted by molar-refractivity contribution is 0.122. The maximum Gasteiger partial charge on any atom is 0.186 e. The van der Waals surface area contributed by atoms with Crippen molar-refractivity contribution in [3.63, 3.8) is 0 Å². The highest BCUT2D eigenvalue weighted by Crippen LogP contribution is 2.31. The number of fused-ring (bicyclic) bond motifs is 1. The highest BCUT2D eigenvalue weighted by atomic mass is 32.1. The fraction of sp³-hybridized carbons (Fsp3) is 0.278. The summed E-state index contributed by atoms with van der Waals surface area (Å²) in [6.07, 6.45) is 0. The van der Waals surface area contributed by atoms with Crippen molar-refractivity contribution in [1.82, 2.24) is 4.98 Å². The van der Waals surface area contributed by atoms with E-state index in [9.17, 15) is 0 Å². The van der Waals surface area contributed by atoms with Crippen LogP contribution in [0, 0.1) is 6.92 Å². The number of aryl methyl sites for hydroxylation is 1. The molecule has 0 radical (unpaired) electrons. The molecule has 1 aliphatic heterocycles. The summed E-state index contributed by atoms with van der Waals surface area (Å²) in [6.45, 7) is 5.52. The summed E-state index contributed by atoms with van der Waals surface area (Å²) in [4.78, 5) is 7.11. The largest absolute Gasteiger partial charge is 0.378 e. The van der Waals surface area contributed by atoms with Crippen molar-refractivity contribution >= 4 is 38.1 Å². The van der Waals surface area contributed by atoms with Gasteiger partial charge in [0.05, 0.1) is 23.4 Å². The number of hydrogen-bond acceptors (Lipinski definition) is 5. The van der Waals surface area contributed by atoms with Gasteiger partial charge in [-0.1, -0.05) is 29.0 Å². The summed E-state index contributed by atoms with van der Waals surface area (Å²) in [5, 5.41) is 4.54. The first-order valence-corrected chi connectivity index (χ1v) is 8.66. The molecule has 1 aliphatic rings. The van der Waals surface area contributed by atoms with Gasteiger partial charge in [0.1, 0.15) is 0 Å². The van der Waals surface area contributed by atoms with Crippen molar-refractivity contribution in [2.75, 3.05) is 36.5 Å². The van der Waals surface area contributed by atoms with Gasteiger partial charge < -0.3 is 15.0 Å². The normalized spacial score (nSPS) is 15.1. The molecule has 1 N–H and O–H groups in total. The van der Waals surface area contributed by atoms with Crippen LogP contribution in [0.15, 0.2) is 42.5 Å². The van der Waals surface area contributed by atoms with Gasteiger partial charge in [0.15, 0.2) is 5.13 Å². The lowest BCUT2D eigenvalue weighted by Crippen LogP contribution is -2.36. The summed E-state index contributed by atoms with van der Waals surface area (Å²) >= 11 is 1.75. The number of benzene rings is 2. The summed E-state index contributed by atoms with van der Waals surface area (Å²) in [7, 11) is 0. The molecule has 5 heteroatoms. The molecule has 1 fully saturated rings. The number of ether oxygens (including phenoxy) is 1. The van der Waals surface area contributed by atoms with Gasteiger partial charge in [-0.25, -0.2) is 4.98 Å². The predicted molar refractivity (Wildman–Crippen MR) is 97.1 cm³/mol. The van der Waals surface area contributed by atoms with Gasteiger partial charge in [0, 0.05) is 24.5 Å². The Kier molecular flexibility index (Phi) is 3.89. The van der Waals surface area contributed by atoms with E-state index in [4.69, 9.17) is 9.72 Å². The van der Waals surface area contributed by atoms with Crippen LogP contribution >= 0.6 is 11.3 Å². The first-order chi connectivity index (χ1) is 11.3. The van der Waals surface area contributed by atoms with Gasteiger partial charge in [0.2, 0.25) is 0 Å². The second-order valence-electron chi connectivity index (χ2n) is 5.77. The quantitative estimate of drug-likeness (QED) is 0.784. The van der Waals surface area contributed by atoms with E-state index < -0.39 is 0 Å². The van der Waals surface area contributed by atoms with E-state index in [1.54, 1.807) is 11.3 Å². The van der Waals surface area contributed by atoms with Crippen molar-refractivity contribution in [2.24, 2.45) is 0 Å². The van der Waals surface area contributed by atoms with Crippen LogP contribution in [0.1, 0.15) is 5.56 Å². The average Bonchev–Trinajstić information content (AvgIpc) is 3.01. The fourth-order valence-electron chi connectivity index (χ4n) is 2.69. The van der Waals surface area contributed by atoms with Crippen LogP contribution in [0.25, 0.3) is 10.2 Å². The number of hydrogen-bond donors (Lipinski definition) is 1. The number of anilines is 3. The Bertz CT molecular complexity index is 807. The zero-order chi connectivity index (χ0) is 15.6. The molecule has 4 nitrogen and oxygen atoms in total. The SMILES string of the molecule is Cc1ccc(Nc2ccc3sc(N4CCOCC4)nc3c2)cc1. The van der Waals surface area contributed by atoms with Crippen LogP contribution < -0.4 is 10.2 Å². The van der Waals surface area contributed by atoms with E-state index in [0.29, 0.717) is 0 Å². The van der Waals surface area contributed by atoms with E-state index in [1.165, 1.54) is 10.3 Å². The summed E-state index contributed by atoms with van der Waals surface area (Å²) in [6, 6.07) is 14.8. The molecule has 0 atom stereocenters. The van der Waals surface area contributed by atoms with Crippen molar-refractivity contribution < 1.29 is 4.74 Å². The number of nitrogens with zero attached hydrogens (tertiary/aromatic N) is 2. The van der Waals surface area contributed by atoms with Crippen LogP contribution in [-0.2, 0) is 4.74 Å². The van der Waals surface area contributed by atoms with Crippen LogP contribution in [0.5, 0.6) is 0 Å². The Morgan fingerprint density at radius 3 is 2.57 bits per heavy atom. The highest BCUT2D eigenvalue weighted by molar-refractivity contribution is 7.22.